The maximum Gasteiger partial charge on any atom is 0.266 e. The summed E-state index contributed by atoms with van der Waals surface area (Å²) in [5.74, 6) is -0.570. The molecule has 0 aliphatic carbocycles. The molecule has 0 radical (unpaired) electrons. The Hall–Kier alpha value is -1.98. The molecule has 0 amide bonds. The molecule has 1 aromatic carbocycles. The molecule has 0 aliphatic rings. The molecule has 0 unspecified atom stereocenters. The smallest absolute Gasteiger partial charge is 0.266 e. The minimum absolute atomic E-state index is 0.156. The van der Waals surface area contributed by atoms with Crippen molar-refractivity contribution in [3.63, 3.8) is 0 Å². The standard InChI is InChI=1S/C14H18F3N3/c1-9(19-10(2)18-8-20(3)4)11-6-5-7-12(13(11)15)14(16)17/h5-9,14,19H,2H2,1,3-4H3/t9-/m1/s1. The third kappa shape index (κ3) is 4.29. The summed E-state index contributed by atoms with van der Waals surface area (Å²) < 4.78 is 39.2. The average molecular weight is 285 g/mol. The lowest BCUT2D eigenvalue weighted by molar-refractivity contribution is 0.146. The summed E-state index contributed by atoms with van der Waals surface area (Å²) in [4.78, 5) is 5.72. The van der Waals surface area contributed by atoms with Crippen LogP contribution in [0.1, 0.15) is 30.5 Å². The van der Waals surface area contributed by atoms with Crippen LogP contribution in [0, 0.1) is 5.82 Å². The number of halogens is 3. The van der Waals surface area contributed by atoms with Crippen molar-refractivity contribution in [1.82, 2.24) is 10.2 Å². The van der Waals surface area contributed by atoms with Crippen LogP contribution < -0.4 is 5.32 Å². The Labute approximate surface area is 116 Å². The largest absolute Gasteiger partial charge is 0.369 e. The molecule has 110 valence electrons. The van der Waals surface area contributed by atoms with E-state index in [1.165, 1.54) is 18.5 Å². The van der Waals surface area contributed by atoms with Crippen molar-refractivity contribution in [2.45, 2.75) is 19.4 Å². The Morgan fingerprint density at radius 1 is 1.35 bits per heavy atom. The molecule has 1 rings (SSSR count). The highest BCUT2D eigenvalue weighted by Crippen LogP contribution is 2.27. The SMILES string of the molecule is C=C(N=CN(C)C)N[C@H](C)c1cccc(C(F)F)c1F. The number of alkyl halides is 2. The van der Waals surface area contributed by atoms with Gasteiger partial charge >= 0.3 is 0 Å². The van der Waals surface area contributed by atoms with E-state index in [9.17, 15) is 13.2 Å². The highest BCUT2D eigenvalue weighted by molar-refractivity contribution is 5.55. The molecule has 1 atom stereocenters. The van der Waals surface area contributed by atoms with Crippen molar-refractivity contribution < 1.29 is 13.2 Å². The molecule has 0 saturated carbocycles. The van der Waals surface area contributed by atoms with Gasteiger partial charge in [0.15, 0.2) is 0 Å². The summed E-state index contributed by atoms with van der Waals surface area (Å²) in [6, 6.07) is 3.43. The van der Waals surface area contributed by atoms with Crippen LogP contribution in [-0.2, 0) is 0 Å². The van der Waals surface area contributed by atoms with E-state index in [0.29, 0.717) is 5.82 Å². The monoisotopic (exact) mass is 285 g/mol. The van der Waals surface area contributed by atoms with Crippen LogP contribution >= 0.6 is 0 Å². The normalized spacial score (nSPS) is 12.8. The van der Waals surface area contributed by atoms with Crippen LogP contribution in [0.5, 0.6) is 0 Å². The lowest BCUT2D eigenvalue weighted by Gasteiger charge is -2.17. The molecular formula is C14H18F3N3. The predicted octanol–water partition coefficient (Wildman–Crippen LogP) is 3.48. The lowest BCUT2D eigenvalue weighted by atomic mass is 10.0. The first-order valence-electron chi connectivity index (χ1n) is 6.05. The van der Waals surface area contributed by atoms with Crippen molar-refractivity contribution >= 4 is 6.34 Å². The molecule has 6 heteroatoms. The Morgan fingerprint density at radius 2 is 1.95 bits per heavy atom. The van der Waals surface area contributed by atoms with Gasteiger partial charge in [-0.2, -0.15) is 0 Å². The molecule has 0 saturated heterocycles. The van der Waals surface area contributed by atoms with Crippen LogP contribution in [0.4, 0.5) is 13.2 Å². The van der Waals surface area contributed by atoms with Gasteiger partial charge in [0.05, 0.1) is 17.9 Å². The molecular weight excluding hydrogens is 267 g/mol. The van der Waals surface area contributed by atoms with Gasteiger partial charge in [0.1, 0.15) is 11.6 Å². The first-order chi connectivity index (χ1) is 9.32. The maximum absolute atomic E-state index is 13.9. The summed E-state index contributed by atoms with van der Waals surface area (Å²) in [5, 5.41) is 2.85. The van der Waals surface area contributed by atoms with Crippen LogP contribution in [0.25, 0.3) is 0 Å². The van der Waals surface area contributed by atoms with E-state index in [-0.39, 0.29) is 5.56 Å². The highest BCUT2D eigenvalue weighted by atomic mass is 19.3. The summed E-state index contributed by atoms with van der Waals surface area (Å²) >= 11 is 0. The molecule has 0 aromatic heterocycles. The first-order valence-corrected chi connectivity index (χ1v) is 6.05. The zero-order chi connectivity index (χ0) is 15.3. The van der Waals surface area contributed by atoms with E-state index in [1.807, 2.05) is 0 Å². The molecule has 0 heterocycles. The predicted molar refractivity (Wildman–Crippen MR) is 74.2 cm³/mol. The number of benzene rings is 1. The fourth-order valence-corrected chi connectivity index (χ4v) is 1.62. The summed E-state index contributed by atoms with van der Waals surface area (Å²) in [7, 11) is 3.60. The number of hydrogen-bond donors (Lipinski definition) is 1. The molecule has 0 spiro atoms. The van der Waals surface area contributed by atoms with Gasteiger partial charge in [-0.25, -0.2) is 18.2 Å². The van der Waals surface area contributed by atoms with E-state index in [4.69, 9.17) is 0 Å². The molecule has 0 bridgehead atoms. The number of aliphatic imine (C=N–C) groups is 1. The van der Waals surface area contributed by atoms with Gasteiger partial charge in [0.2, 0.25) is 0 Å². The number of rotatable bonds is 6. The Morgan fingerprint density at radius 3 is 2.50 bits per heavy atom. The highest BCUT2D eigenvalue weighted by Gasteiger charge is 2.19. The van der Waals surface area contributed by atoms with Gasteiger partial charge in [0, 0.05) is 19.7 Å². The second-order valence-electron chi connectivity index (χ2n) is 4.57. The van der Waals surface area contributed by atoms with E-state index < -0.39 is 23.8 Å². The third-order valence-corrected chi connectivity index (χ3v) is 2.59. The van der Waals surface area contributed by atoms with Gasteiger partial charge in [-0.15, -0.1) is 0 Å². The Balaban J connectivity index is 2.85. The topological polar surface area (TPSA) is 27.6 Å². The molecule has 1 N–H and O–H groups in total. The van der Waals surface area contributed by atoms with Crippen molar-refractivity contribution in [3.8, 4) is 0 Å². The fraction of sp³-hybridized carbons (Fsp3) is 0.357. The van der Waals surface area contributed by atoms with Crippen LogP contribution in [0.3, 0.4) is 0 Å². The van der Waals surface area contributed by atoms with E-state index >= 15 is 0 Å². The summed E-state index contributed by atoms with van der Waals surface area (Å²) in [6.45, 7) is 5.33. The Bertz CT molecular complexity index is 498. The molecule has 3 nitrogen and oxygen atoms in total. The first kappa shape index (κ1) is 16.1. The number of nitrogens with one attached hydrogen (secondary N) is 1. The van der Waals surface area contributed by atoms with Gasteiger partial charge < -0.3 is 10.2 Å². The second-order valence-corrected chi connectivity index (χ2v) is 4.57. The van der Waals surface area contributed by atoms with E-state index in [0.717, 1.165) is 6.07 Å². The zero-order valence-corrected chi connectivity index (χ0v) is 11.7. The van der Waals surface area contributed by atoms with Gasteiger partial charge in [-0.3, -0.25) is 0 Å². The molecule has 0 aliphatic heterocycles. The quantitative estimate of drug-likeness (QED) is 0.640. The van der Waals surface area contributed by atoms with Crippen molar-refractivity contribution in [1.29, 1.82) is 0 Å². The van der Waals surface area contributed by atoms with Crippen LogP contribution in [-0.4, -0.2) is 25.3 Å². The molecule has 20 heavy (non-hydrogen) atoms. The molecule has 0 fully saturated rings. The third-order valence-electron chi connectivity index (χ3n) is 2.59. The van der Waals surface area contributed by atoms with Crippen LogP contribution in [0.15, 0.2) is 35.6 Å². The molecule has 1 aromatic rings. The minimum atomic E-state index is -2.84. The van der Waals surface area contributed by atoms with Crippen LogP contribution in [0.2, 0.25) is 0 Å². The van der Waals surface area contributed by atoms with Gasteiger partial charge in [-0.1, -0.05) is 24.8 Å². The minimum Gasteiger partial charge on any atom is -0.369 e. The summed E-state index contributed by atoms with van der Waals surface area (Å²) in [5.41, 5.74) is -0.442. The van der Waals surface area contributed by atoms with Crippen molar-refractivity contribution in [2.24, 2.45) is 4.99 Å². The van der Waals surface area contributed by atoms with E-state index in [2.05, 4.69) is 16.9 Å². The van der Waals surface area contributed by atoms with Gasteiger partial charge in [0.25, 0.3) is 6.43 Å². The van der Waals surface area contributed by atoms with Gasteiger partial charge in [-0.05, 0) is 6.92 Å². The van der Waals surface area contributed by atoms with Crippen molar-refractivity contribution in [3.05, 3.63) is 47.5 Å². The Kier molecular flexibility index (Phi) is 5.61. The zero-order valence-electron chi connectivity index (χ0n) is 11.7. The van der Waals surface area contributed by atoms with E-state index in [1.54, 1.807) is 25.9 Å². The second kappa shape index (κ2) is 6.98. The average Bonchev–Trinajstić information content (AvgIpc) is 2.36. The fourth-order valence-electron chi connectivity index (χ4n) is 1.62. The number of nitrogens with zero attached hydrogens (tertiary/aromatic N) is 2. The lowest BCUT2D eigenvalue weighted by Crippen LogP contribution is -2.19. The van der Waals surface area contributed by atoms with Crippen molar-refractivity contribution in [2.75, 3.05) is 14.1 Å². The summed E-state index contributed by atoms with van der Waals surface area (Å²) in [6.07, 6.45) is -1.30. The maximum atomic E-state index is 13.9. The number of hydrogen-bond acceptors (Lipinski definition) is 2.